The normalized spacial score (nSPS) is 23.1. The van der Waals surface area contributed by atoms with Gasteiger partial charge in [0.05, 0.1) is 17.0 Å². The van der Waals surface area contributed by atoms with Crippen molar-refractivity contribution in [2.24, 2.45) is 17.8 Å². The van der Waals surface area contributed by atoms with Gasteiger partial charge in [-0.2, -0.15) is 0 Å². The van der Waals surface area contributed by atoms with Gasteiger partial charge in [-0.3, -0.25) is 4.79 Å². The maximum Gasteiger partial charge on any atom is 0.308 e. The Labute approximate surface area is 221 Å². The van der Waals surface area contributed by atoms with Gasteiger partial charge in [-0.05, 0) is 75.4 Å². The predicted octanol–water partition coefficient (Wildman–Crippen LogP) is 6.58. The maximum absolute atomic E-state index is 12.9. The molecule has 3 aromatic rings. The lowest BCUT2D eigenvalue weighted by Crippen LogP contribution is -2.51. The van der Waals surface area contributed by atoms with Gasteiger partial charge in [-0.1, -0.05) is 61.9 Å². The molecular formula is C32H41N3O2. The Morgan fingerprint density at radius 2 is 2.00 bits per heavy atom. The lowest BCUT2D eigenvalue weighted by molar-refractivity contribution is -0.176. The number of fused-ring (bicyclic) bond motifs is 3. The third-order valence-electron chi connectivity index (χ3n) is 8.35. The van der Waals surface area contributed by atoms with E-state index in [9.17, 15) is 4.79 Å². The molecule has 1 aromatic heterocycles. The molecule has 196 valence electrons. The van der Waals surface area contributed by atoms with Gasteiger partial charge in [-0.25, -0.2) is 4.98 Å². The van der Waals surface area contributed by atoms with E-state index in [2.05, 4.69) is 66.3 Å². The minimum Gasteiger partial charge on any atom is -0.458 e. The molecule has 0 aliphatic heterocycles. The van der Waals surface area contributed by atoms with Gasteiger partial charge in [0.15, 0.2) is 0 Å². The fraction of sp³-hybridized carbons (Fsp3) is 0.500. The van der Waals surface area contributed by atoms with Crippen molar-refractivity contribution < 1.29 is 9.53 Å². The standard InChI is InChI=1S/C32H41N3O2/c1-22(2)31(36)37-32(21-25-14-15-26(32)20-27(25)24-10-7-9-23(3)19-24)16-18-35(4)17-8-13-30-33-28-11-5-6-12-29(28)34-30/h5-7,9-12,19-20,22,25-26H,8,13-18,21H2,1-4H3,(H,33,34)/t25-,26-,32+/m1/s1. The molecule has 1 heterocycles. The molecule has 0 radical (unpaired) electrons. The van der Waals surface area contributed by atoms with Crippen LogP contribution in [0.25, 0.3) is 16.6 Å². The van der Waals surface area contributed by atoms with Gasteiger partial charge in [-0.15, -0.1) is 0 Å². The number of aryl methyl sites for hydroxylation is 2. The Morgan fingerprint density at radius 3 is 2.73 bits per heavy atom. The molecule has 3 atom stereocenters. The predicted molar refractivity (Wildman–Crippen MR) is 150 cm³/mol. The molecule has 1 fully saturated rings. The largest absolute Gasteiger partial charge is 0.458 e. The third kappa shape index (κ3) is 5.67. The van der Waals surface area contributed by atoms with Crippen molar-refractivity contribution in [3.05, 3.63) is 71.6 Å². The van der Waals surface area contributed by atoms with Crippen molar-refractivity contribution in [1.29, 1.82) is 0 Å². The molecule has 37 heavy (non-hydrogen) atoms. The smallest absolute Gasteiger partial charge is 0.308 e. The summed E-state index contributed by atoms with van der Waals surface area (Å²) in [4.78, 5) is 23.4. The monoisotopic (exact) mass is 499 g/mol. The van der Waals surface area contributed by atoms with Gasteiger partial charge < -0.3 is 14.6 Å². The number of rotatable bonds is 10. The van der Waals surface area contributed by atoms with E-state index >= 15 is 0 Å². The number of benzene rings is 2. The number of imidazole rings is 1. The highest BCUT2D eigenvalue weighted by Crippen LogP contribution is 2.53. The zero-order chi connectivity index (χ0) is 26.0. The Kier molecular flexibility index (Phi) is 7.52. The summed E-state index contributed by atoms with van der Waals surface area (Å²) in [6, 6.07) is 17.0. The van der Waals surface area contributed by atoms with Gasteiger partial charge in [0.2, 0.25) is 0 Å². The Bertz CT molecular complexity index is 1240. The van der Waals surface area contributed by atoms with E-state index in [0.717, 1.165) is 62.1 Å². The van der Waals surface area contributed by atoms with E-state index in [-0.39, 0.29) is 17.8 Å². The van der Waals surface area contributed by atoms with Crippen LogP contribution < -0.4 is 0 Å². The summed E-state index contributed by atoms with van der Waals surface area (Å²) in [5.41, 5.74) is 5.82. The third-order valence-corrected chi connectivity index (χ3v) is 8.35. The molecule has 0 amide bonds. The molecule has 3 aliphatic carbocycles. The van der Waals surface area contributed by atoms with Crippen LogP contribution in [0.1, 0.15) is 62.9 Å². The van der Waals surface area contributed by atoms with E-state index in [4.69, 9.17) is 9.72 Å². The molecule has 6 rings (SSSR count). The highest BCUT2D eigenvalue weighted by Gasteiger charge is 2.50. The maximum atomic E-state index is 12.9. The molecule has 5 nitrogen and oxygen atoms in total. The summed E-state index contributed by atoms with van der Waals surface area (Å²) < 4.78 is 6.41. The van der Waals surface area contributed by atoms with Gasteiger partial charge in [0, 0.05) is 25.3 Å². The SMILES string of the molecule is Cc1cccc(C2=C[C@H]3CC[C@@H]2C[C@]3(CCN(C)CCCc2nc3ccccc3[nH]2)OC(=O)C(C)C)c1. The van der Waals surface area contributed by atoms with Crippen molar-refractivity contribution >= 4 is 22.6 Å². The van der Waals surface area contributed by atoms with Crippen LogP contribution in [0.2, 0.25) is 0 Å². The van der Waals surface area contributed by atoms with E-state index in [0.29, 0.717) is 5.92 Å². The summed E-state index contributed by atoms with van der Waals surface area (Å²) >= 11 is 0. The molecule has 5 heteroatoms. The molecular weight excluding hydrogens is 458 g/mol. The Hall–Kier alpha value is -2.92. The number of hydrogen-bond donors (Lipinski definition) is 1. The minimum absolute atomic E-state index is 0.0643. The molecule has 0 spiro atoms. The lowest BCUT2D eigenvalue weighted by Gasteiger charge is -2.50. The molecule has 2 bridgehead atoms. The Balaban J connectivity index is 1.24. The number of hydrogen-bond acceptors (Lipinski definition) is 4. The number of carbonyl (C=O) groups excluding carboxylic acids is 1. The van der Waals surface area contributed by atoms with Crippen molar-refractivity contribution in [3.63, 3.8) is 0 Å². The molecule has 2 aromatic carbocycles. The van der Waals surface area contributed by atoms with Gasteiger partial charge >= 0.3 is 5.97 Å². The van der Waals surface area contributed by atoms with E-state index in [1.807, 2.05) is 26.0 Å². The first-order valence-electron chi connectivity index (χ1n) is 14.0. The van der Waals surface area contributed by atoms with Crippen LogP contribution in [-0.4, -0.2) is 46.6 Å². The summed E-state index contributed by atoms with van der Waals surface area (Å²) in [5.74, 6) is 1.60. The van der Waals surface area contributed by atoms with Crippen molar-refractivity contribution in [2.45, 2.75) is 64.9 Å². The van der Waals surface area contributed by atoms with E-state index in [1.165, 1.54) is 23.1 Å². The second-order valence-electron chi connectivity index (χ2n) is 11.6. The second-order valence-corrected chi connectivity index (χ2v) is 11.6. The average Bonchev–Trinajstić information content (AvgIpc) is 3.30. The van der Waals surface area contributed by atoms with E-state index in [1.54, 1.807) is 0 Å². The molecule has 1 N–H and O–H groups in total. The fourth-order valence-corrected chi connectivity index (χ4v) is 6.23. The van der Waals surface area contributed by atoms with Crippen LogP contribution in [0.15, 0.2) is 54.6 Å². The van der Waals surface area contributed by atoms with Crippen LogP contribution in [0.4, 0.5) is 0 Å². The number of carbonyl (C=O) groups is 1. The number of allylic oxidation sites excluding steroid dienone is 1. The first kappa shape index (κ1) is 25.7. The number of H-pyrrole nitrogens is 1. The fourth-order valence-electron chi connectivity index (χ4n) is 6.23. The first-order chi connectivity index (χ1) is 17.8. The molecule has 0 unspecified atom stereocenters. The van der Waals surface area contributed by atoms with Crippen LogP contribution >= 0.6 is 0 Å². The van der Waals surface area contributed by atoms with Crippen molar-refractivity contribution in [1.82, 2.24) is 14.9 Å². The van der Waals surface area contributed by atoms with Crippen LogP contribution in [0.3, 0.4) is 0 Å². The number of aromatic amines is 1. The second kappa shape index (κ2) is 10.8. The van der Waals surface area contributed by atoms with Gasteiger partial charge in [0.1, 0.15) is 11.4 Å². The van der Waals surface area contributed by atoms with Crippen LogP contribution in [0, 0.1) is 24.7 Å². The minimum atomic E-state index is -0.398. The number of ether oxygens (including phenoxy) is 1. The summed E-state index contributed by atoms with van der Waals surface area (Å²) in [6.45, 7) is 7.95. The number of esters is 1. The summed E-state index contributed by atoms with van der Waals surface area (Å²) in [6.07, 6.45) is 8.51. The quantitative estimate of drug-likeness (QED) is 0.320. The first-order valence-corrected chi connectivity index (χ1v) is 14.0. The zero-order valence-corrected chi connectivity index (χ0v) is 22.8. The highest BCUT2D eigenvalue weighted by atomic mass is 16.6. The van der Waals surface area contributed by atoms with Crippen molar-refractivity contribution in [3.8, 4) is 0 Å². The average molecular weight is 500 g/mol. The van der Waals surface area contributed by atoms with Crippen LogP contribution in [-0.2, 0) is 16.0 Å². The van der Waals surface area contributed by atoms with Crippen molar-refractivity contribution in [2.75, 3.05) is 20.1 Å². The summed E-state index contributed by atoms with van der Waals surface area (Å²) in [5, 5.41) is 0. The summed E-state index contributed by atoms with van der Waals surface area (Å²) in [7, 11) is 2.19. The topological polar surface area (TPSA) is 58.2 Å². The Morgan fingerprint density at radius 1 is 1.16 bits per heavy atom. The van der Waals surface area contributed by atoms with E-state index < -0.39 is 5.60 Å². The number of aromatic nitrogens is 2. The highest BCUT2D eigenvalue weighted by molar-refractivity contribution is 5.75. The zero-order valence-electron chi connectivity index (χ0n) is 22.8. The number of nitrogens with one attached hydrogen (secondary N) is 1. The molecule has 0 saturated heterocycles. The molecule has 1 saturated carbocycles. The lowest BCUT2D eigenvalue weighted by atomic mass is 9.60. The molecule has 3 aliphatic rings. The van der Waals surface area contributed by atoms with Crippen LogP contribution in [0.5, 0.6) is 0 Å². The number of para-hydroxylation sites is 2. The number of nitrogens with zero attached hydrogens (tertiary/aromatic N) is 2. The van der Waals surface area contributed by atoms with Gasteiger partial charge in [0.25, 0.3) is 0 Å².